The third-order valence-corrected chi connectivity index (χ3v) is 4.79. The number of carbonyl (C=O) groups excluding carboxylic acids is 1. The average molecular weight is 336 g/mol. The van der Waals surface area contributed by atoms with Crippen LogP contribution in [0.15, 0.2) is 29.6 Å². The molecule has 0 aliphatic carbocycles. The molecular formula is C17H21FN2O2S. The van der Waals surface area contributed by atoms with Gasteiger partial charge < -0.3 is 10.4 Å². The van der Waals surface area contributed by atoms with Crippen molar-refractivity contribution < 1.29 is 14.3 Å². The standard InChI is InChI=1S/C17H21FN2O2S/c1-3-17(2,7-8-21)20-15(22)10-14-11-23-16(19-14)12-5-4-6-13(18)9-12/h4-6,9,11,21H,3,7-8,10H2,1-2H3,(H,20,22). The summed E-state index contributed by atoms with van der Waals surface area (Å²) < 4.78 is 13.3. The molecule has 0 aliphatic heterocycles. The van der Waals surface area contributed by atoms with E-state index in [1.54, 1.807) is 12.1 Å². The number of carbonyl (C=O) groups is 1. The molecule has 2 N–H and O–H groups in total. The van der Waals surface area contributed by atoms with Gasteiger partial charge in [-0.15, -0.1) is 11.3 Å². The van der Waals surface area contributed by atoms with Crippen LogP contribution in [0.3, 0.4) is 0 Å². The SMILES string of the molecule is CCC(C)(CCO)NC(=O)Cc1csc(-c2cccc(F)c2)n1. The molecule has 4 nitrogen and oxygen atoms in total. The molecule has 0 spiro atoms. The quantitative estimate of drug-likeness (QED) is 0.816. The van der Waals surface area contributed by atoms with Crippen molar-refractivity contribution in [2.45, 2.75) is 38.6 Å². The van der Waals surface area contributed by atoms with Crippen molar-refractivity contribution in [3.05, 3.63) is 41.2 Å². The summed E-state index contributed by atoms with van der Waals surface area (Å²) in [6.45, 7) is 3.92. The van der Waals surface area contributed by atoms with Gasteiger partial charge in [0, 0.05) is 23.1 Å². The van der Waals surface area contributed by atoms with Gasteiger partial charge in [0.2, 0.25) is 5.91 Å². The number of halogens is 1. The minimum atomic E-state index is -0.409. The second-order valence-electron chi connectivity index (χ2n) is 5.77. The van der Waals surface area contributed by atoms with E-state index in [4.69, 9.17) is 5.11 Å². The van der Waals surface area contributed by atoms with Crippen LogP contribution in [-0.2, 0) is 11.2 Å². The number of benzene rings is 1. The molecule has 2 rings (SSSR count). The first-order valence-electron chi connectivity index (χ1n) is 7.58. The third-order valence-electron chi connectivity index (χ3n) is 3.85. The highest BCUT2D eigenvalue weighted by molar-refractivity contribution is 7.13. The van der Waals surface area contributed by atoms with Crippen LogP contribution in [0.2, 0.25) is 0 Å². The molecule has 2 aromatic rings. The summed E-state index contributed by atoms with van der Waals surface area (Å²) in [6.07, 6.45) is 1.43. The number of nitrogens with one attached hydrogen (secondary N) is 1. The van der Waals surface area contributed by atoms with Gasteiger partial charge in [-0.3, -0.25) is 4.79 Å². The second-order valence-corrected chi connectivity index (χ2v) is 6.63. The lowest BCUT2D eigenvalue weighted by Crippen LogP contribution is -2.46. The molecule has 1 aromatic heterocycles. The van der Waals surface area contributed by atoms with Crippen LogP contribution in [0.25, 0.3) is 10.6 Å². The molecule has 6 heteroatoms. The predicted octanol–water partition coefficient (Wildman–Crippen LogP) is 3.16. The highest BCUT2D eigenvalue weighted by atomic mass is 32.1. The maximum Gasteiger partial charge on any atom is 0.226 e. The monoisotopic (exact) mass is 336 g/mol. The molecule has 0 bridgehead atoms. The first-order chi connectivity index (χ1) is 11.0. The number of thiazole rings is 1. The van der Waals surface area contributed by atoms with Gasteiger partial charge in [-0.25, -0.2) is 9.37 Å². The zero-order valence-electron chi connectivity index (χ0n) is 13.3. The van der Waals surface area contributed by atoms with Crippen molar-refractivity contribution in [2.24, 2.45) is 0 Å². The predicted molar refractivity (Wildman–Crippen MR) is 89.8 cm³/mol. The van der Waals surface area contributed by atoms with Crippen molar-refractivity contribution in [1.29, 1.82) is 0 Å². The molecule has 1 unspecified atom stereocenters. The van der Waals surface area contributed by atoms with Crippen molar-refractivity contribution in [2.75, 3.05) is 6.61 Å². The van der Waals surface area contributed by atoms with Crippen LogP contribution in [0.4, 0.5) is 4.39 Å². The number of hydrogen-bond donors (Lipinski definition) is 2. The Morgan fingerprint density at radius 2 is 2.26 bits per heavy atom. The number of rotatable bonds is 7. The molecule has 0 fully saturated rings. The first kappa shape index (κ1) is 17.6. The van der Waals surface area contributed by atoms with Crippen molar-refractivity contribution in [3.63, 3.8) is 0 Å². The molecule has 124 valence electrons. The van der Waals surface area contributed by atoms with E-state index < -0.39 is 5.54 Å². The highest BCUT2D eigenvalue weighted by Crippen LogP contribution is 2.24. The minimum absolute atomic E-state index is 0.0328. The summed E-state index contributed by atoms with van der Waals surface area (Å²) in [7, 11) is 0. The van der Waals surface area contributed by atoms with Crippen LogP contribution in [-0.4, -0.2) is 28.1 Å². The Kier molecular flexibility index (Phi) is 5.85. The maximum absolute atomic E-state index is 13.3. The van der Waals surface area contributed by atoms with E-state index in [0.29, 0.717) is 22.7 Å². The van der Waals surface area contributed by atoms with E-state index in [1.807, 2.05) is 19.2 Å². The number of nitrogens with zero attached hydrogens (tertiary/aromatic N) is 1. The van der Waals surface area contributed by atoms with E-state index in [0.717, 1.165) is 6.42 Å². The van der Waals surface area contributed by atoms with Gasteiger partial charge in [0.25, 0.3) is 0 Å². The molecule has 1 heterocycles. The number of aliphatic hydroxyl groups excluding tert-OH is 1. The summed E-state index contributed by atoms with van der Waals surface area (Å²) in [5.74, 6) is -0.432. The van der Waals surface area contributed by atoms with Crippen molar-refractivity contribution in [1.82, 2.24) is 10.3 Å². The zero-order chi connectivity index (χ0) is 16.9. The van der Waals surface area contributed by atoms with Crippen LogP contribution in [0.5, 0.6) is 0 Å². The van der Waals surface area contributed by atoms with Gasteiger partial charge in [0.15, 0.2) is 0 Å². The van der Waals surface area contributed by atoms with Gasteiger partial charge in [-0.05, 0) is 31.9 Å². The Morgan fingerprint density at radius 1 is 1.48 bits per heavy atom. The molecule has 1 atom stereocenters. The summed E-state index contributed by atoms with van der Waals surface area (Å²) in [5.41, 5.74) is 0.960. The number of aliphatic hydroxyl groups is 1. The molecular weight excluding hydrogens is 315 g/mol. The van der Waals surface area contributed by atoms with Gasteiger partial charge in [-0.1, -0.05) is 19.1 Å². The van der Waals surface area contributed by atoms with Crippen LogP contribution in [0, 0.1) is 5.82 Å². The number of aromatic nitrogens is 1. The number of hydrogen-bond acceptors (Lipinski definition) is 4. The smallest absolute Gasteiger partial charge is 0.226 e. The van der Waals surface area contributed by atoms with Gasteiger partial charge >= 0.3 is 0 Å². The highest BCUT2D eigenvalue weighted by Gasteiger charge is 2.24. The Morgan fingerprint density at radius 3 is 2.91 bits per heavy atom. The van der Waals surface area contributed by atoms with Gasteiger partial charge in [0.05, 0.1) is 12.1 Å². The maximum atomic E-state index is 13.3. The molecule has 1 amide bonds. The molecule has 0 aliphatic rings. The largest absolute Gasteiger partial charge is 0.396 e. The molecule has 23 heavy (non-hydrogen) atoms. The topological polar surface area (TPSA) is 62.2 Å². The van der Waals surface area contributed by atoms with E-state index in [-0.39, 0.29) is 24.8 Å². The minimum Gasteiger partial charge on any atom is -0.396 e. The van der Waals surface area contributed by atoms with E-state index >= 15 is 0 Å². The molecule has 1 aromatic carbocycles. The number of amides is 1. The fraction of sp³-hybridized carbons (Fsp3) is 0.412. The van der Waals surface area contributed by atoms with Gasteiger partial charge in [-0.2, -0.15) is 0 Å². The normalized spacial score (nSPS) is 13.6. The Labute approximate surface area is 139 Å². The fourth-order valence-corrected chi connectivity index (χ4v) is 3.08. The second kappa shape index (κ2) is 7.66. The molecule has 0 saturated carbocycles. The lowest BCUT2D eigenvalue weighted by molar-refractivity contribution is -0.122. The summed E-state index contributed by atoms with van der Waals surface area (Å²) >= 11 is 1.39. The summed E-state index contributed by atoms with van der Waals surface area (Å²) in [4.78, 5) is 16.6. The Bertz CT molecular complexity index is 674. The zero-order valence-corrected chi connectivity index (χ0v) is 14.1. The van der Waals surface area contributed by atoms with Crippen molar-refractivity contribution in [3.8, 4) is 10.6 Å². The van der Waals surface area contributed by atoms with E-state index in [9.17, 15) is 9.18 Å². The lowest BCUT2D eigenvalue weighted by Gasteiger charge is -2.28. The molecule has 0 saturated heterocycles. The van der Waals surface area contributed by atoms with Gasteiger partial charge in [0.1, 0.15) is 10.8 Å². The van der Waals surface area contributed by atoms with Crippen molar-refractivity contribution >= 4 is 17.2 Å². The Balaban J connectivity index is 2.03. The summed E-state index contributed by atoms with van der Waals surface area (Å²) in [5, 5.41) is 14.6. The van der Waals surface area contributed by atoms with E-state index in [1.165, 1.54) is 23.5 Å². The third kappa shape index (κ3) is 4.84. The summed E-state index contributed by atoms with van der Waals surface area (Å²) in [6, 6.07) is 6.25. The lowest BCUT2D eigenvalue weighted by atomic mass is 9.94. The molecule has 0 radical (unpaired) electrons. The van der Waals surface area contributed by atoms with Crippen LogP contribution >= 0.6 is 11.3 Å². The Hall–Kier alpha value is -1.79. The van der Waals surface area contributed by atoms with Crippen LogP contribution < -0.4 is 5.32 Å². The first-order valence-corrected chi connectivity index (χ1v) is 8.46. The van der Waals surface area contributed by atoms with E-state index in [2.05, 4.69) is 10.3 Å². The van der Waals surface area contributed by atoms with Crippen LogP contribution in [0.1, 0.15) is 32.4 Å². The average Bonchev–Trinajstić information content (AvgIpc) is 2.95. The fourth-order valence-electron chi connectivity index (χ4n) is 2.26.